The Hall–Kier alpha value is -2.53. The number of pyridine rings is 1. The number of hydrazone groups is 1. The van der Waals surface area contributed by atoms with E-state index in [1.165, 1.54) is 17.1 Å². The standard InChI is InChI=1S/C17H24N6O3S/c1-25-14-5-4-13(20-10-14)11-23(19)22-17(18)12-3-6-16(15(9-12)26-2)27-21-7-8-24/h3-6,9-10,21,24H,7-8,11,19H2,1-2H3,(H2,18,22). The Kier molecular flexibility index (Phi) is 8.14. The molecule has 0 radical (unpaired) electrons. The molecular weight excluding hydrogens is 368 g/mol. The van der Waals surface area contributed by atoms with Gasteiger partial charge in [0.1, 0.15) is 11.5 Å². The maximum absolute atomic E-state index is 8.84. The minimum atomic E-state index is 0.0579. The first-order chi connectivity index (χ1) is 13.1. The van der Waals surface area contributed by atoms with Gasteiger partial charge in [-0.2, -0.15) is 0 Å². The molecule has 146 valence electrons. The summed E-state index contributed by atoms with van der Waals surface area (Å²) < 4.78 is 13.5. The van der Waals surface area contributed by atoms with Crippen LogP contribution in [0.25, 0.3) is 0 Å². The SMILES string of the molecule is COc1ccc(CN(N)/N=C(\N)c2ccc(SNCCO)c(OC)c2)nc1. The van der Waals surface area contributed by atoms with Gasteiger partial charge in [0, 0.05) is 12.1 Å². The number of hydrazine groups is 1. The largest absolute Gasteiger partial charge is 0.496 e. The average Bonchev–Trinajstić information content (AvgIpc) is 2.68. The third-order valence-corrected chi connectivity index (χ3v) is 4.35. The highest BCUT2D eigenvalue weighted by molar-refractivity contribution is 7.97. The van der Waals surface area contributed by atoms with E-state index in [1.807, 2.05) is 12.1 Å². The highest BCUT2D eigenvalue weighted by Crippen LogP contribution is 2.28. The van der Waals surface area contributed by atoms with Crippen molar-refractivity contribution in [1.29, 1.82) is 0 Å². The van der Waals surface area contributed by atoms with Crippen LogP contribution in [0.15, 0.2) is 46.5 Å². The molecule has 6 N–H and O–H groups in total. The fourth-order valence-electron chi connectivity index (χ4n) is 2.11. The monoisotopic (exact) mass is 392 g/mol. The number of ether oxygens (including phenoxy) is 2. The quantitative estimate of drug-likeness (QED) is 0.115. The molecule has 0 saturated heterocycles. The number of nitrogens with zero attached hydrogens (tertiary/aromatic N) is 3. The number of benzene rings is 1. The first-order valence-corrected chi connectivity index (χ1v) is 8.93. The molecule has 1 aromatic carbocycles. The van der Waals surface area contributed by atoms with Crippen LogP contribution in [0.2, 0.25) is 0 Å². The van der Waals surface area contributed by atoms with E-state index >= 15 is 0 Å². The van der Waals surface area contributed by atoms with E-state index in [4.69, 9.17) is 26.2 Å². The Labute approximate surface area is 162 Å². The molecule has 0 atom stereocenters. The highest BCUT2D eigenvalue weighted by Gasteiger charge is 2.09. The molecule has 1 aromatic heterocycles. The molecule has 0 aliphatic carbocycles. The first-order valence-electron chi connectivity index (χ1n) is 8.11. The zero-order valence-electron chi connectivity index (χ0n) is 15.3. The number of methoxy groups -OCH3 is 2. The number of aromatic nitrogens is 1. The molecule has 0 fully saturated rings. The van der Waals surface area contributed by atoms with Gasteiger partial charge in [0.05, 0.1) is 44.2 Å². The van der Waals surface area contributed by atoms with Gasteiger partial charge in [-0.3, -0.25) is 9.71 Å². The summed E-state index contributed by atoms with van der Waals surface area (Å²) in [5, 5.41) is 14.3. The summed E-state index contributed by atoms with van der Waals surface area (Å²) in [5.74, 6) is 7.49. The van der Waals surface area contributed by atoms with Crippen LogP contribution in [0.1, 0.15) is 11.3 Å². The maximum Gasteiger partial charge on any atom is 0.152 e. The Balaban J connectivity index is 2.06. The maximum atomic E-state index is 8.84. The summed E-state index contributed by atoms with van der Waals surface area (Å²) in [5.41, 5.74) is 7.48. The first kappa shape index (κ1) is 20.8. The van der Waals surface area contributed by atoms with Crippen molar-refractivity contribution in [3.63, 3.8) is 0 Å². The van der Waals surface area contributed by atoms with Gasteiger partial charge in [-0.25, -0.2) is 11.0 Å². The lowest BCUT2D eigenvalue weighted by Gasteiger charge is -2.14. The number of nitrogens with one attached hydrogen (secondary N) is 1. The van der Waals surface area contributed by atoms with E-state index in [9.17, 15) is 0 Å². The Morgan fingerprint density at radius 2 is 2.11 bits per heavy atom. The zero-order valence-corrected chi connectivity index (χ0v) is 16.1. The number of rotatable bonds is 10. The Morgan fingerprint density at radius 1 is 1.30 bits per heavy atom. The average molecular weight is 392 g/mol. The van der Waals surface area contributed by atoms with Crippen LogP contribution in [-0.2, 0) is 6.54 Å². The van der Waals surface area contributed by atoms with E-state index in [0.717, 1.165) is 10.6 Å². The van der Waals surface area contributed by atoms with Gasteiger partial charge in [0.2, 0.25) is 0 Å². The van der Waals surface area contributed by atoms with Crippen molar-refractivity contribution in [1.82, 2.24) is 14.8 Å². The van der Waals surface area contributed by atoms with E-state index in [0.29, 0.717) is 30.2 Å². The second kappa shape index (κ2) is 10.6. The number of nitrogens with two attached hydrogens (primary N) is 2. The molecule has 27 heavy (non-hydrogen) atoms. The number of hydrogen-bond acceptors (Lipinski definition) is 9. The molecule has 0 amide bonds. The van der Waals surface area contributed by atoms with Gasteiger partial charge < -0.3 is 20.3 Å². The third-order valence-electron chi connectivity index (χ3n) is 3.45. The van der Waals surface area contributed by atoms with Gasteiger partial charge in [0.25, 0.3) is 0 Å². The van der Waals surface area contributed by atoms with E-state index in [1.54, 1.807) is 38.6 Å². The van der Waals surface area contributed by atoms with Gasteiger partial charge in [0.15, 0.2) is 5.84 Å². The minimum Gasteiger partial charge on any atom is -0.496 e. The van der Waals surface area contributed by atoms with E-state index in [2.05, 4.69) is 14.8 Å². The number of hydrogen-bond donors (Lipinski definition) is 4. The summed E-state index contributed by atoms with van der Waals surface area (Å²) in [6.07, 6.45) is 1.61. The van der Waals surface area contributed by atoms with Crippen molar-refractivity contribution in [2.24, 2.45) is 16.7 Å². The fourth-order valence-corrected chi connectivity index (χ4v) is 2.84. The van der Waals surface area contributed by atoms with Crippen LogP contribution < -0.4 is 25.8 Å². The van der Waals surface area contributed by atoms with Crippen LogP contribution in [0.3, 0.4) is 0 Å². The summed E-state index contributed by atoms with van der Waals surface area (Å²) in [7, 11) is 3.16. The molecule has 0 saturated carbocycles. The smallest absolute Gasteiger partial charge is 0.152 e. The van der Waals surface area contributed by atoms with Crippen molar-refractivity contribution in [3.8, 4) is 11.5 Å². The van der Waals surface area contributed by atoms with Crippen LogP contribution in [0, 0.1) is 0 Å². The van der Waals surface area contributed by atoms with E-state index in [-0.39, 0.29) is 12.4 Å². The van der Waals surface area contributed by atoms with Crippen LogP contribution >= 0.6 is 11.9 Å². The summed E-state index contributed by atoms with van der Waals surface area (Å²) in [4.78, 5) is 5.11. The zero-order chi connectivity index (χ0) is 19.6. The molecule has 0 aliphatic rings. The predicted molar refractivity (Wildman–Crippen MR) is 105 cm³/mol. The highest BCUT2D eigenvalue weighted by atomic mass is 32.2. The lowest BCUT2D eigenvalue weighted by molar-refractivity contribution is 0.286. The normalized spacial score (nSPS) is 11.3. The second-order valence-electron chi connectivity index (χ2n) is 5.36. The van der Waals surface area contributed by atoms with Crippen molar-refractivity contribution in [2.45, 2.75) is 11.4 Å². The molecule has 2 rings (SSSR count). The molecule has 0 aliphatic heterocycles. The Bertz CT molecular complexity index is 757. The molecule has 10 heteroatoms. The van der Waals surface area contributed by atoms with Gasteiger partial charge >= 0.3 is 0 Å². The summed E-state index contributed by atoms with van der Waals surface area (Å²) in [6.45, 7) is 0.823. The number of aliphatic hydroxyl groups is 1. The number of aliphatic hydroxyl groups excluding tert-OH is 1. The second-order valence-corrected chi connectivity index (χ2v) is 6.29. The summed E-state index contributed by atoms with van der Waals surface area (Å²) in [6, 6.07) is 9.07. The molecule has 1 heterocycles. The molecule has 0 bridgehead atoms. The topological polar surface area (TPSA) is 131 Å². The predicted octanol–water partition coefficient (Wildman–Crippen LogP) is 0.684. The van der Waals surface area contributed by atoms with E-state index < -0.39 is 0 Å². The van der Waals surface area contributed by atoms with Gasteiger partial charge in [-0.1, -0.05) is 0 Å². The molecule has 9 nitrogen and oxygen atoms in total. The molecule has 2 aromatic rings. The number of amidine groups is 1. The Morgan fingerprint density at radius 3 is 2.74 bits per heavy atom. The fraction of sp³-hybridized carbons (Fsp3) is 0.294. The van der Waals surface area contributed by atoms with Crippen molar-refractivity contribution in [3.05, 3.63) is 47.8 Å². The summed E-state index contributed by atoms with van der Waals surface area (Å²) >= 11 is 1.37. The molecule has 0 spiro atoms. The van der Waals surface area contributed by atoms with Crippen LogP contribution in [0.5, 0.6) is 11.5 Å². The van der Waals surface area contributed by atoms with Crippen LogP contribution in [-0.4, -0.2) is 48.4 Å². The van der Waals surface area contributed by atoms with Gasteiger partial charge in [-0.05, 0) is 42.3 Å². The van der Waals surface area contributed by atoms with Crippen molar-refractivity contribution >= 4 is 17.8 Å². The molecule has 0 unspecified atom stereocenters. The van der Waals surface area contributed by atoms with Gasteiger partial charge in [-0.15, -0.1) is 5.10 Å². The molecular formula is C17H24N6O3S. The lowest BCUT2D eigenvalue weighted by atomic mass is 10.2. The lowest BCUT2D eigenvalue weighted by Crippen LogP contribution is -2.29. The van der Waals surface area contributed by atoms with Crippen LogP contribution in [0.4, 0.5) is 0 Å². The van der Waals surface area contributed by atoms with Crippen molar-refractivity contribution in [2.75, 3.05) is 27.4 Å². The van der Waals surface area contributed by atoms with Crippen molar-refractivity contribution < 1.29 is 14.6 Å². The minimum absolute atomic E-state index is 0.0579. The third kappa shape index (κ3) is 6.29.